The van der Waals surface area contributed by atoms with Crippen molar-refractivity contribution in [2.75, 3.05) is 13.6 Å². The van der Waals surface area contributed by atoms with E-state index in [1.54, 1.807) is 48.5 Å². The third-order valence-electron chi connectivity index (χ3n) is 6.14. The summed E-state index contributed by atoms with van der Waals surface area (Å²) in [6.07, 6.45) is -4.60. The number of amides is 1. The summed E-state index contributed by atoms with van der Waals surface area (Å²) in [5, 5.41) is 34.2. The molecule has 0 bridgehead atoms. The van der Waals surface area contributed by atoms with Gasteiger partial charge in [0.05, 0.1) is 12.1 Å². The first-order chi connectivity index (χ1) is 18.7. The Morgan fingerprint density at radius 1 is 1.05 bits per heavy atom. The van der Waals surface area contributed by atoms with Crippen LogP contribution in [0.15, 0.2) is 89.0 Å². The molecule has 0 saturated carbocycles. The zero-order valence-corrected chi connectivity index (χ0v) is 20.4. The summed E-state index contributed by atoms with van der Waals surface area (Å²) in [5.74, 6) is -0.462. The van der Waals surface area contributed by atoms with Gasteiger partial charge in [0.1, 0.15) is 5.71 Å². The smallest absolute Gasteiger partial charge is 0.377 e. The molecule has 0 spiro atoms. The number of β-amino-alcohol motifs (C(OH)–C–C–N with tert-alkyl or cyclic N) is 1. The maximum absolute atomic E-state index is 13.1. The third-order valence-corrected chi connectivity index (χ3v) is 6.14. The van der Waals surface area contributed by atoms with Crippen LogP contribution in [-0.4, -0.2) is 61.9 Å². The van der Waals surface area contributed by atoms with E-state index in [1.807, 2.05) is 6.07 Å². The fourth-order valence-electron chi connectivity index (χ4n) is 4.20. The number of benzene rings is 3. The van der Waals surface area contributed by atoms with Crippen LogP contribution < -0.4 is 5.32 Å². The SMILES string of the molecule is CN=C(NC(=O)c1cccc(C(F)(F)F)c1)N1CC(O)(c2ccccc2)C(c2ccc(-c3nn[nH]n3)cc2)=N1. The van der Waals surface area contributed by atoms with Gasteiger partial charge in [-0.1, -0.05) is 60.7 Å². The van der Waals surface area contributed by atoms with Crippen molar-refractivity contribution in [3.05, 3.63) is 101 Å². The number of aromatic nitrogens is 4. The van der Waals surface area contributed by atoms with Crippen molar-refractivity contribution in [1.82, 2.24) is 30.9 Å². The van der Waals surface area contributed by atoms with Crippen molar-refractivity contribution in [3.8, 4) is 11.4 Å². The number of carbonyl (C=O) groups excluding carboxylic acids is 1. The molecule has 1 atom stereocenters. The van der Waals surface area contributed by atoms with Crippen LogP contribution in [0.2, 0.25) is 0 Å². The number of tetrazole rings is 1. The number of aromatic amines is 1. The molecule has 39 heavy (non-hydrogen) atoms. The van der Waals surface area contributed by atoms with Crippen LogP contribution in [0.3, 0.4) is 0 Å². The molecule has 13 heteroatoms. The summed E-state index contributed by atoms with van der Waals surface area (Å²) in [4.78, 5) is 17.0. The van der Waals surface area contributed by atoms with Crippen molar-refractivity contribution >= 4 is 17.6 Å². The molecule has 1 amide bonds. The van der Waals surface area contributed by atoms with Crippen molar-refractivity contribution in [2.24, 2.45) is 10.1 Å². The van der Waals surface area contributed by atoms with Crippen LogP contribution >= 0.6 is 0 Å². The molecule has 0 saturated heterocycles. The van der Waals surface area contributed by atoms with Crippen LogP contribution in [0.4, 0.5) is 13.2 Å². The summed E-state index contributed by atoms with van der Waals surface area (Å²) < 4.78 is 39.4. The average Bonchev–Trinajstić information content (AvgIpc) is 3.61. The second-order valence-electron chi connectivity index (χ2n) is 8.63. The number of carbonyl (C=O) groups is 1. The molecule has 1 aliphatic rings. The van der Waals surface area contributed by atoms with Crippen molar-refractivity contribution < 1.29 is 23.1 Å². The van der Waals surface area contributed by atoms with Gasteiger partial charge in [0.25, 0.3) is 5.91 Å². The summed E-state index contributed by atoms with van der Waals surface area (Å²) in [5.41, 5.74) is -0.660. The molecular formula is C26H21F3N8O2. The Hall–Kier alpha value is -4.91. The molecular weight excluding hydrogens is 513 g/mol. The van der Waals surface area contributed by atoms with E-state index < -0.39 is 23.2 Å². The van der Waals surface area contributed by atoms with Crippen LogP contribution in [0.25, 0.3) is 11.4 Å². The first kappa shape index (κ1) is 25.7. The quantitative estimate of drug-likeness (QED) is 0.272. The number of hydrogen-bond donors (Lipinski definition) is 3. The van der Waals surface area contributed by atoms with Gasteiger partial charge < -0.3 is 5.11 Å². The molecule has 2 heterocycles. The molecule has 5 rings (SSSR count). The number of hydrogen-bond acceptors (Lipinski definition) is 7. The molecule has 1 aliphatic heterocycles. The summed E-state index contributed by atoms with van der Waals surface area (Å²) in [6.45, 7) is -0.117. The fourth-order valence-corrected chi connectivity index (χ4v) is 4.20. The lowest BCUT2D eigenvalue weighted by molar-refractivity contribution is -0.137. The second-order valence-corrected chi connectivity index (χ2v) is 8.63. The zero-order chi connectivity index (χ0) is 27.6. The Labute approximate surface area is 219 Å². The normalized spacial score (nSPS) is 17.7. The van der Waals surface area contributed by atoms with E-state index in [9.17, 15) is 23.1 Å². The van der Waals surface area contributed by atoms with Crippen LogP contribution in [0.5, 0.6) is 0 Å². The highest BCUT2D eigenvalue weighted by Gasteiger charge is 2.45. The molecule has 0 fully saturated rings. The molecule has 4 aromatic rings. The number of aliphatic hydroxyl groups is 1. The van der Waals surface area contributed by atoms with Crippen LogP contribution in [-0.2, 0) is 11.8 Å². The predicted molar refractivity (Wildman–Crippen MR) is 135 cm³/mol. The van der Waals surface area contributed by atoms with Gasteiger partial charge in [-0.05, 0) is 29.0 Å². The van der Waals surface area contributed by atoms with Gasteiger partial charge in [-0.3, -0.25) is 15.1 Å². The molecule has 1 unspecified atom stereocenters. The van der Waals surface area contributed by atoms with E-state index in [1.165, 1.54) is 18.1 Å². The van der Waals surface area contributed by atoms with Crippen molar-refractivity contribution in [1.29, 1.82) is 0 Å². The molecule has 3 N–H and O–H groups in total. The third kappa shape index (κ3) is 5.11. The van der Waals surface area contributed by atoms with Gasteiger partial charge in [-0.2, -0.15) is 23.5 Å². The number of nitrogens with zero attached hydrogens (tertiary/aromatic N) is 6. The van der Waals surface area contributed by atoms with Gasteiger partial charge in [0, 0.05) is 23.7 Å². The maximum Gasteiger partial charge on any atom is 0.416 e. The molecule has 3 aromatic carbocycles. The molecule has 0 radical (unpaired) electrons. The lowest BCUT2D eigenvalue weighted by Gasteiger charge is -2.26. The topological polar surface area (TPSA) is 132 Å². The van der Waals surface area contributed by atoms with E-state index in [4.69, 9.17) is 0 Å². The maximum atomic E-state index is 13.1. The number of rotatable bonds is 4. The number of nitrogens with one attached hydrogen (secondary N) is 2. The highest BCUT2D eigenvalue weighted by molar-refractivity contribution is 6.11. The summed E-state index contributed by atoms with van der Waals surface area (Å²) >= 11 is 0. The largest absolute Gasteiger partial charge is 0.416 e. The number of hydrazone groups is 1. The van der Waals surface area contributed by atoms with Gasteiger partial charge in [0.15, 0.2) is 5.60 Å². The lowest BCUT2D eigenvalue weighted by Crippen LogP contribution is -2.45. The van der Waals surface area contributed by atoms with Gasteiger partial charge in [-0.15, -0.1) is 10.2 Å². The predicted octanol–water partition coefficient (Wildman–Crippen LogP) is 3.21. The Bertz CT molecular complexity index is 1540. The van der Waals surface area contributed by atoms with E-state index in [0.717, 1.165) is 18.2 Å². The highest BCUT2D eigenvalue weighted by Crippen LogP contribution is 2.34. The highest BCUT2D eigenvalue weighted by atomic mass is 19.4. The van der Waals surface area contributed by atoms with E-state index in [0.29, 0.717) is 22.5 Å². The second kappa shape index (κ2) is 10.1. The van der Waals surface area contributed by atoms with Gasteiger partial charge >= 0.3 is 6.18 Å². The van der Waals surface area contributed by atoms with Crippen molar-refractivity contribution in [3.63, 3.8) is 0 Å². The Morgan fingerprint density at radius 2 is 1.77 bits per heavy atom. The minimum Gasteiger partial charge on any atom is -0.377 e. The summed E-state index contributed by atoms with van der Waals surface area (Å²) in [7, 11) is 1.40. The van der Waals surface area contributed by atoms with E-state index >= 15 is 0 Å². The van der Waals surface area contributed by atoms with Crippen LogP contribution in [0.1, 0.15) is 27.0 Å². The molecule has 1 aromatic heterocycles. The summed E-state index contributed by atoms with van der Waals surface area (Å²) in [6, 6.07) is 19.9. The van der Waals surface area contributed by atoms with Gasteiger partial charge in [-0.25, -0.2) is 5.01 Å². The molecule has 10 nitrogen and oxygen atoms in total. The minimum atomic E-state index is -4.60. The monoisotopic (exact) mass is 534 g/mol. The van der Waals surface area contributed by atoms with E-state index in [-0.39, 0.29) is 23.8 Å². The van der Waals surface area contributed by atoms with E-state index in [2.05, 4.69) is 36.0 Å². The molecule has 0 aliphatic carbocycles. The Balaban J connectivity index is 1.47. The lowest BCUT2D eigenvalue weighted by atomic mass is 9.85. The minimum absolute atomic E-state index is 0.0508. The first-order valence-electron chi connectivity index (χ1n) is 11.6. The number of halogens is 3. The van der Waals surface area contributed by atoms with Gasteiger partial charge in [0.2, 0.25) is 11.8 Å². The Morgan fingerprint density at radius 3 is 2.41 bits per heavy atom. The fraction of sp³-hybridized carbons (Fsp3) is 0.154. The van der Waals surface area contributed by atoms with Crippen molar-refractivity contribution in [2.45, 2.75) is 11.8 Å². The number of alkyl halides is 3. The number of H-pyrrole nitrogens is 1. The molecule has 198 valence electrons. The number of aliphatic imine (C=N–C) groups is 1. The Kier molecular flexibility index (Phi) is 6.66. The average molecular weight is 535 g/mol. The number of guanidine groups is 1. The standard InChI is InChI=1S/C26H21F3N8O2/c1-30-24(31-23(38)18-6-5-9-20(14-18)26(27,28)29)37-15-25(39,19-7-3-2-4-8-19)21(34-37)16-10-12-17(13-11-16)22-32-35-36-33-22/h2-14,39H,15H2,1H3,(H,30,31,38)(H,32,33,35,36). The van der Waals surface area contributed by atoms with Crippen LogP contribution in [0, 0.1) is 0 Å². The zero-order valence-electron chi connectivity index (χ0n) is 20.4. The first-order valence-corrected chi connectivity index (χ1v) is 11.6.